The van der Waals surface area contributed by atoms with Gasteiger partial charge in [0.1, 0.15) is 0 Å². The van der Waals surface area contributed by atoms with Gasteiger partial charge < -0.3 is 9.53 Å². The number of hydrogen-bond donors (Lipinski definition) is 2. The van der Waals surface area contributed by atoms with Crippen LogP contribution in [0, 0.1) is 0 Å². The fourth-order valence-corrected chi connectivity index (χ4v) is 8.22. The first-order valence-electron chi connectivity index (χ1n) is 9.53. The molecule has 0 atom stereocenters. The van der Waals surface area contributed by atoms with Crippen molar-refractivity contribution in [1.82, 2.24) is 4.98 Å². The molecule has 0 aliphatic carbocycles. The van der Waals surface area contributed by atoms with Gasteiger partial charge >= 0.3 is 6.09 Å². The Morgan fingerprint density at radius 1 is 1.00 bits per heavy atom. The van der Waals surface area contributed by atoms with Gasteiger partial charge in [-0.2, -0.15) is 0 Å². The summed E-state index contributed by atoms with van der Waals surface area (Å²) in [6.45, 7) is 6.95. The van der Waals surface area contributed by atoms with Crippen LogP contribution in [0.3, 0.4) is 0 Å². The van der Waals surface area contributed by atoms with Crippen molar-refractivity contribution in [2.24, 2.45) is 0 Å². The monoisotopic (exact) mass is 406 g/mol. The Balaban J connectivity index is 2.04. The smallest absolute Gasteiger partial charge is 0.409 e. The van der Waals surface area contributed by atoms with Gasteiger partial charge in [-0.1, -0.05) is 81.4 Å². The van der Waals surface area contributed by atoms with Gasteiger partial charge in [0, 0.05) is 11.9 Å². The molecule has 0 fully saturated rings. The first-order chi connectivity index (χ1) is 13.8. The Hall–Kier alpha value is -2.96. The van der Waals surface area contributed by atoms with Crippen molar-refractivity contribution in [3.05, 3.63) is 84.7 Å². The van der Waals surface area contributed by atoms with E-state index in [1.807, 2.05) is 36.4 Å². The maximum atomic E-state index is 10.9. The zero-order valence-corrected chi connectivity index (χ0v) is 17.9. The molecule has 150 valence electrons. The number of benzene rings is 2. The highest BCUT2D eigenvalue weighted by atomic mass is 28.4. The number of rotatable bonds is 6. The van der Waals surface area contributed by atoms with Gasteiger partial charge in [0.25, 0.3) is 8.32 Å². The molecule has 1 heterocycles. The number of nitrogens with zero attached hydrogens (tertiary/aromatic N) is 1. The van der Waals surface area contributed by atoms with Crippen molar-refractivity contribution in [3.63, 3.8) is 0 Å². The number of pyridine rings is 1. The molecule has 1 aromatic heterocycles. The maximum Gasteiger partial charge on any atom is 0.409 e. The van der Waals surface area contributed by atoms with Crippen molar-refractivity contribution >= 4 is 30.5 Å². The van der Waals surface area contributed by atoms with E-state index in [0.717, 1.165) is 0 Å². The summed E-state index contributed by atoms with van der Waals surface area (Å²) in [5.74, 6) is 0. The van der Waals surface area contributed by atoms with Crippen LogP contribution in [-0.2, 0) is 11.0 Å². The molecule has 0 radical (unpaired) electrons. The number of anilines is 1. The maximum absolute atomic E-state index is 10.9. The molecule has 2 aromatic carbocycles. The Morgan fingerprint density at radius 3 is 2.03 bits per heavy atom. The third-order valence-corrected chi connectivity index (χ3v) is 9.90. The first kappa shape index (κ1) is 20.8. The molecule has 5 nitrogen and oxygen atoms in total. The van der Waals surface area contributed by atoms with E-state index in [0.29, 0.717) is 18.0 Å². The summed E-state index contributed by atoms with van der Waals surface area (Å²) in [5.41, 5.74) is 1.16. The van der Waals surface area contributed by atoms with Crippen LogP contribution in [0.5, 0.6) is 0 Å². The molecule has 0 aliphatic heterocycles. The van der Waals surface area contributed by atoms with Crippen LogP contribution in [0.4, 0.5) is 10.5 Å². The third kappa shape index (κ3) is 4.55. The molecule has 0 unspecified atom stereocenters. The van der Waals surface area contributed by atoms with Gasteiger partial charge in [-0.25, -0.2) is 4.79 Å². The second kappa shape index (κ2) is 8.59. The number of aromatic nitrogens is 1. The summed E-state index contributed by atoms with van der Waals surface area (Å²) < 4.78 is 6.81. The summed E-state index contributed by atoms with van der Waals surface area (Å²) in [6, 6.07) is 24.1. The van der Waals surface area contributed by atoms with Gasteiger partial charge in [-0.15, -0.1) is 0 Å². The van der Waals surface area contributed by atoms with E-state index in [1.165, 1.54) is 10.4 Å². The second-order valence-corrected chi connectivity index (χ2v) is 12.2. The summed E-state index contributed by atoms with van der Waals surface area (Å²) in [6.07, 6.45) is 0.491. The van der Waals surface area contributed by atoms with Gasteiger partial charge in [0.2, 0.25) is 0 Å². The number of amides is 1. The third-order valence-electron chi connectivity index (χ3n) is 4.92. The Labute approximate surface area is 172 Å². The molecule has 0 spiro atoms. The lowest BCUT2D eigenvalue weighted by Gasteiger charge is -2.43. The van der Waals surface area contributed by atoms with Gasteiger partial charge in [0.15, 0.2) is 0 Å². The highest BCUT2D eigenvalue weighted by Crippen LogP contribution is 2.37. The number of nitrogens with one attached hydrogen (secondary N) is 1. The van der Waals surface area contributed by atoms with Gasteiger partial charge in [-0.05, 0) is 27.5 Å². The number of hydrogen-bond acceptors (Lipinski definition) is 3. The molecule has 29 heavy (non-hydrogen) atoms. The summed E-state index contributed by atoms with van der Waals surface area (Å²) >= 11 is 0. The highest BCUT2D eigenvalue weighted by molar-refractivity contribution is 6.99. The van der Waals surface area contributed by atoms with Crippen LogP contribution < -0.4 is 15.7 Å². The molecule has 3 aromatic rings. The predicted molar refractivity (Wildman–Crippen MR) is 118 cm³/mol. The minimum atomic E-state index is -2.66. The predicted octanol–water partition coefficient (Wildman–Crippen LogP) is 4.25. The van der Waals surface area contributed by atoms with Crippen LogP contribution >= 0.6 is 0 Å². The van der Waals surface area contributed by atoms with E-state index in [2.05, 4.69) is 55.3 Å². The lowest BCUT2D eigenvalue weighted by atomic mass is 10.2. The Morgan fingerprint density at radius 2 is 1.55 bits per heavy atom. The van der Waals surface area contributed by atoms with E-state index in [-0.39, 0.29) is 5.04 Å². The molecule has 6 heteroatoms. The fourth-order valence-electron chi connectivity index (χ4n) is 3.70. The van der Waals surface area contributed by atoms with E-state index in [1.54, 1.807) is 18.3 Å². The minimum Gasteiger partial charge on any atom is -0.465 e. The molecule has 0 bridgehead atoms. The molecule has 1 amide bonds. The van der Waals surface area contributed by atoms with Gasteiger partial charge in [0.05, 0.1) is 12.3 Å². The molecule has 0 aliphatic rings. The zero-order chi connectivity index (χ0) is 20.9. The topological polar surface area (TPSA) is 71.5 Å². The fraction of sp³-hybridized carbons (Fsp3) is 0.217. The first-order valence-corrected chi connectivity index (χ1v) is 11.4. The van der Waals surface area contributed by atoms with Crippen molar-refractivity contribution in [3.8, 4) is 0 Å². The molecule has 0 saturated carbocycles. The number of carboxylic acid groups (broad SMARTS) is 1. The van der Waals surface area contributed by atoms with Crippen LogP contribution in [0.1, 0.15) is 26.5 Å². The largest absolute Gasteiger partial charge is 0.465 e. The number of carbonyl (C=O) groups is 1. The van der Waals surface area contributed by atoms with Gasteiger partial charge in [-0.3, -0.25) is 10.3 Å². The van der Waals surface area contributed by atoms with Crippen molar-refractivity contribution in [1.29, 1.82) is 0 Å². The summed E-state index contributed by atoms with van der Waals surface area (Å²) in [5, 5.41) is 13.6. The highest BCUT2D eigenvalue weighted by Gasteiger charge is 2.50. The Bertz CT molecular complexity index is 917. The molecule has 0 saturated heterocycles. The van der Waals surface area contributed by atoms with Crippen LogP contribution in [0.2, 0.25) is 5.04 Å². The summed E-state index contributed by atoms with van der Waals surface area (Å²) in [4.78, 5) is 15.3. The average molecular weight is 407 g/mol. The Kier molecular flexibility index (Phi) is 6.15. The minimum absolute atomic E-state index is 0.132. The molecular weight excluding hydrogens is 380 g/mol. The van der Waals surface area contributed by atoms with Crippen LogP contribution in [-0.4, -0.2) is 24.5 Å². The van der Waals surface area contributed by atoms with E-state index < -0.39 is 14.4 Å². The lowest BCUT2D eigenvalue weighted by molar-refractivity contribution is 0.209. The van der Waals surface area contributed by atoms with Crippen LogP contribution in [0.25, 0.3) is 0 Å². The quantitative estimate of drug-likeness (QED) is 0.601. The normalized spacial score (nSPS) is 11.8. The van der Waals surface area contributed by atoms with E-state index in [9.17, 15) is 4.79 Å². The SMILES string of the molecule is CC(C)(C)[Si](OCc1cc(NC(=O)O)ccn1)(c1ccccc1)c1ccccc1. The second-order valence-electron chi connectivity index (χ2n) is 7.92. The van der Waals surface area contributed by atoms with E-state index in [4.69, 9.17) is 9.53 Å². The average Bonchev–Trinajstić information content (AvgIpc) is 2.69. The van der Waals surface area contributed by atoms with Crippen molar-refractivity contribution in [2.75, 3.05) is 5.32 Å². The van der Waals surface area contributed by atoms with Crippen molar-refractivity contribution < 1.29 is 14.3 Å². The van der Waals surface area contributed by atoms with E-state index >= 15 is 0 Å². The molecule has 3 rings (SSSR count). The molecule has 2 N–H and O–H groups in total. The molecular formula is C23H26N2O3Si. The standard InChI is InChI=1S/C23H26N2O3Si/c1-23(2,3)29(20-10-6-4-7-11-20,21-12-8-5-9-13-21)28-17-19-16-18(14-15-24-19)25-22(26)27/h4-16H,17H2,1-3H3,(H,24,25)(H,26,27). The van der Waals surface area contributed by atoms with Crippen molar-refractivity contribution in [2.45, 2.75) is 32.4 Å². The summed E-state index contributed by atoms with van der Waals surface area (Å²) in [7, 11) is -2.66. The zero-order valence-electron chi connectivity index (χ0n) is 16.9. The lowest BCUT2D eigenvalue weighted by Crippen LogP contribution is -2.66. The van der Waals surface area contributed by atoms with Crippen LogP contribution in [0.15, 0.2) is 79.0 Å².